The van der Waals surface area contributed by atoms with Gasteiger partial charge in [0.1, 0.15) is 11.5 Å². The fourth-order valence-corrected chi connectivity index (χ4v) is 3.72. The Morgan fingerprint density at radius 3 is 1.69 bits per heavy atom. The molecule has 0 spiro atoms. The van der Waals surface area contributed by atoms with Crippen LogP contribution in [-0.4, -0.2) is 39.3 Å². The first-order valence-electron chi connectivity index (χ1n) is 9.49. The quantitative estimate of drug-likeness (QED) is 0.544. The molecule has 29 heavy (non-hydrogen) atoms. The van der Waals surface area contributed by atoms with Gasteiger partial charge in [-0.3, -0.25) is 0 Å². The minimum Gasteiger partial charge on any atom is -0.478 e. The van der Waals surface area contributed by atoms with Crippen LogP contribution in [0.1, 0.15) is 33.0 Å². The second kappa shape index (κ2) is 7.17. The summed E-state index contributed by atoms with van der Waals surface area (Å²) in [4.78, 5) is 15.4. The molecule has 0 aliphatic carbocycles. The summed E-state index contributed by atoms with van der Waals surface area (Å²) in [6.07, 6.45) is 0. The number of hydrogen-bond acceptors (Lipinski definition) is 4. The third-order valence-electron chi connectivity index (χ3n) is 5.36. The van der Waals surface area contributed by atoms with E-state index in [1.54, 1.807) is 12.1 Å². The number of benzene rings is 3. The Bertz CT molecular complexity index is 1010. The zero-order valence-electron chi connectivity index (χ0n) is 17.0. The molecule has 5 nitrogen and oxygen atoms in total. The zero-order chi connectivity index (χ0) is 20.7. The second-order valence-electron chi connectivity index (χ2n) is 7.70. The van der Waals surface area contributed by atoms with Crippen molar-refractivity contribution >= 4 is 17.3 Å². The molecule has 1 aliphatic heterocycles. The molecule has 0 fully saturated rings. The number of carboxylic acid groups (broad SMARTS) is 1. The van der Waals surface area contributed by atoms with Gasteiger partial charge in [0.05, 0.1) is 5.56 Å². The number of fused-ring (bicyclic) bond motifs is 2. The highest BCUT2D eigenvalue weighted by Crippen LogP contribution is 2.49. The standard InChI is InChI=1S/C24H24N2O3/c1-25(2)17-9-11-19-21(13-17)29-22-14-18(26(3)4)10-12-20(22)23(19)15-5-7-16(8-6-15)24(27)28/h5-14,23H,1-4H3,(H,27,28). The Labute approximate surface area is 170 Å². The van der Waals surface area contributed by atoms with E-state index in [-0.39, 0.29) is 11.5 Å². The molecule has 3 aromatic rings. The van der Waals surface area contributed by atoms with Gasteiger partial charge in [-0.15, -0.1) is 0 Å². The summed E-state index contributed by atoms with van der Waals surface area (Å²) in [6.45, 7) is 0. The van der Waals surface area contributed by atoms with Crippen molar-refractivity contribution in [3.05, 3.63) is 82.9 Å². The van der Waals surface area contributed by atoms with Gasteiger partial charge < -0.3 is 19.6 Å². The van der Waals surface area contributed by atoms with Crippen LogP contribution in [-0.2, 0) is 0 Å². The molecule has 4 rings (SSSR count). The second-order valence-corrected chi connectivity index (χ2v) is 7.70. The summed E-state index contributed by atoms with van der Waals surface area (Å²) in [6, 6.07) is 19.6. The molecule has 1 aliphatic rings. The summed E-state index contributed by atoms with van der Waals surface area (Å²) in [5.74, 6) is 0.707. The maximum absolute atomic E-state index is 11.3. The van der Waals surface area contributed by atoms with E-state index in [9.17, 15) is 9.90 Å². The van der Waals surface area contributed by atoms with E-state index in [0.29, 0.717) is 0 Å². The van der Waals surface area contributed by atoms with E-state index in [0.717, 1.165) is 39.6 Å². The molecule has 1 N–H and O–H groups in total. The first-order valence-corrected chi connectivity index (χ1v) is 9.49. The fourth-order valence-electron chi connectivity index (χ4n) is 3.72. The van der Waals surface area contributed by atoms with Gasteiger partial charge in [0.25, 0.3) is 0 Å². The third kappa shape index (κ3) is 3.40. The number of carbonyl (C=O) groups is 1. The van der Waals surface area contributed by atoms with E-state index in [2.05, 4.69) is 36.4 Å². The predicted molar refractivity (Wildman–Crippen MR) is 116 cm³/mol. The molecular formula is C24H24N2O3. The number of carboxylic acids is 1. The van der Waals surface area contributed by atoms with E-state index < -0.39 is 5.97 Å². The lowest BCUT2D eigenvalue weighted by atomic mass is 9.82. The average Bonchev–Trinajstić information content (AvgIpc) is 2.71. The van der Waals surface area contributed by atoms with Crippen molar-refractivity contribution in [1.29, 1.82) is 0 Å². The number of nitrogens with zero attached hydrogens (tertiary/aromatic N) is 2. The van der Waals surface area contributed by atoms with Crippen LogP contribution >= 0.6 is 0 Å². The molecule has 1 heterocycles. The van der Waals surface area contributed by atoms with E-state index in [4.69, 9.17) is 4.74 Å². The maximum atomic E-state index is 11.3. The van der Waals surface area contributed by atoms with Crippen LogP contribution < -0.4 is 14.5 Å². The number of aromatic carboxylic acids is 1. The SMILES string of the molecule is CN(C)c1ccc2c(c1)Oc1cc(N(C)C)ccc1C2c1ccc(C(=O)O)cc1. The third-order valence-corrected chi connectivity index (χ3v) is 5.36. The number of hydrogen-bond donors (Lipinski definition) is 1. The maximum Gasteiger partial charge on any atom is 0.335 e. The predicted octanol–water partition coefficient (Wildman–Crippen LogP) is 4.80. The van der Waals surface area contributed by atoms with Gasteiger partial charge >= 0.3 is 5.97 Å². The van der Waals surface area contributed by atoms with Gasteiger partial charge in [-0.2, -0.15) is 0 Å². The number of rotatable bonds is 4. The largest absolute Gasteiger partial charge is 0.478 e. The van der Waals surface area contributed by atoms with Crippen LogP contribution in [0.15, 0.2) is 60.7 Å². The zero-order valence-corrected chi connectivity index (χ0v) is 17.0. The Morgan fingerprint density at radius 2 is 1.28 bits per heavy atom. The van der Waals surface area contributed by atoms with Crippen molar-refractivity contribution in [2.45, 2.75) is 5.92 Å². The van der Waals surface area contributed by atoms with Crippen molar-refractivity contribution in [3.63, 3.8) is 0 Å². The van der Waals surface area contributed by atoms with Gasteiger partial charge in [0.15, 0.2) is 0 Å². The Hall–Kier alpha value is -3.47. The Kier molecular flexibility index (Phi) is 4.66. The van der Waals surface area contributed by atoms with Gasteiger partial charge in [-0.25, -0.2) is 4.79 Å². The Balaban J connectivity index is 1.88. The molecule has 0 aromatic heterocycles. The molecule has 0 saturated carbocycles. The lowest BCUT2D eigenvalue weighted by molar-refractivity contribution is 0.0697. The normalized spacial score (nSPS) is 12.6. The fraction of sp³-hybridized carbons (Fsp3) is 0.208. The molecular weight excluding hydrogens is 364 g/mol. The van der Waals surface area contributed by atoms with Crippen LogP contribution in [0, 0.1) is 0 Å². The first kappa shape index (κ1) is 18.9. The average molecular weight is 388 g/mol. The molecule has 0 saturated heterocycles. The van der Waals surface area contributed by atoms with Crippen LogP contribution in [0.5, 0.6) is 11.5 Å². The summed E-state index contributed by atoms with van der Waals surface area (Å²) < 4.78 is 6.33. The molecule has 5 heteroatoms. The Morgan fingerprint density at radius 1 is 0.793 bits per heavy atom. The van der Waals surface area contributed by atoms with Crippen LogP contribution in [0.4, 0.5) is 11.4 Å². The van der Waals surface area contributed by atoms with Gasteiger partial charge in [-0.05, 0) is 29.8 Å². The topological polar surface area (TPSA) is 53.0 Å². The van der Waals surface area contributed by atoms with Gasteiger partial charge in [0.2, 0.25) is 0 Å². The van der Waals surface area contributed by atoms with Crippen LogP contribution in [0.2, 0.25) is 0 Å². The molecule has 0 radical (unpaired) electrons. The summed E-state index contributed by atoms with van der Waals surface area (Å²) >= 11 is 0. The number of anilines is 2. The molecule has 3 aromatic carbocycles. The molecule has 0 unspecified atom stereocenters. The van der Waals surface area contributed by atoms with E-state index in [1.165, 1.54) is 0 Å². The smallest absolute Gasteiger partial charge is 0.335 e. The van der Waals surface area contributed by atoms with Crippen molar-refractivity contribution in [1.82, 2.24) is 0 Å². The summed E-state index contributed by atoms with van der Waals surface area (Å²) in [5, 5.41) is 9.24. The monoisotopic (exact) mass is 388 g/mol. The van der Waals surface area contributed by atoms with Gasteiger partial charge in [0, 0.05) is 68.7 Å². The van der Waals surface area contributed by atoms with Crippen molar-refractivity contribution < 1.29 is 14.6 Å². The van der Waals surface area contributed by atoms with Crippen molar-refractivity contribution in [2.24, 2.45) is 0 Å². The summed E-state index contributed by atoms with van der Waals surface area (Å²) in [7, 11) is 8.02. The van der Waals surface area contributed by atoms with E-state index >= 15 is 0 Å². The highest BCUT2D eigenvalue weighted by atomic mass is 16.5. The highest BCUT2D eigenvalue weighted by Gasteiger charge is 2.29. The van der Waals surface area contributed by atoms with Crippen molar-refractivity contribution in [2.75, 3.05) is 38.0 Å². The molecule has 148 valence electrons. The van der Waals surface area contributed by atoms with Crippen molar-refractivity contribution in [3.8, 4) is 11.5 Å². The molecule has 0 atom stereocenters. The lowest BCUT2D eigenvalue weighted by Crippen LogP contribution is -2.15. The van der Waals surface area contributed by atoms with Gasteiger partial charge in [-0.1, -0.05) is 24.3 Å². The highest BCUT2D eigenvalue weighted by molar-refractivity contribution is 5.87. The van der Waals surface area contributed by atoms with E-state index in [1.807, 2.05) is 50.1 Å². The minimum atomic E-state index is -0.921. The van der Waals surface area contributed by atoms with Crippen LogP contribution in [0.3, 0.4) is 0 Å². The lowest BCUT2D eigenvalue weighted by Gasteiger charge is -2.30. The molecule has 0 amide bonds. The summed E-state index contributed by atoms with van der Waals surface area (Å²) in [5.41, 5.74) is 5.60. The molecule has 0 bridgehead atoms. The first-order chi connectivity index (χ1) is 13.8. The minimum absolute atomic E-state index is 0.0241. The van der Waals surface area contributed by atoms with Crippen LogP contribution in [0.25, 0.3) is 0 Å². The number of ether oxygens (including phenoxy) is 1.